The van der Waals surface area contributed by atoms with Crippen molar-refractivity contribution in [2.45, 2.75) is 37.8 Å². The molecule has 4 nitrogen and oxygen atoms in total. The molecule has 0 amide bonds. The maximum Gasteiger partial charge on any atom is 0.0992 e. The number of nitrogens with zero attached hydrogens (tertiary/aromatic N) is 3. The molecule has 1 saturated carbocycles. The summed E-state index contributed by atoms with van der Waals surface area (Å²) >= 11 is 0. The summed E-state index contributed by atoms with van der Waals surface area (Å²) in [6, 6.07) is 7.89. The summed E-state index contributed by atoms with van der Waals surface area (Å²) in [5, 5.41) is 9.03. The zero-order valence-corrected chi connectivity index (χ0v) is 11.4. The number of rotatable bonds is 2. The van der Waals surface area contributed by atoms with Gasteiger partial charge in [0.05, 0.1) is 41.2 Å². The quantitative estimate of drug-likeness (QED) is 0.786. The number of hydrogen-bond acceptors (Lipinski definition) is 3. The van der Waals surface area contributed by atoms with Crippen molar-refractivity contribution < 1.29 is 4.74 Å². The minimum absolute atomic E-state index is 0.219. The molecule has 4 rings (SSSR count). The first-order chi connectivity index (χ1) is 9.78. The average molecular weight is 267 g/mol. The normalized spacial score (nSPS) is 28.6. The van der Waals surface area contributed by atoms with Crippen molar-refractivity contribution in [2.24, 2.45) is 5.92 Å². The van der Waals surface area contributed by atoms with Crippen molar-refractivity contribution >= 4 is 11.0 Å². The molecule has 1 aromatic heterocycles. The van der Waals surface area contributed by atoms with E-state index in [4.69, 9.17) is 10.00 Å². The lowest BCUT2D eigenvalue weighted by atomic mass is 9.81. The Kier molecular flexibility index (Phi) is 2.58. The molecule has 1 aromatic carbocycles. The molecule has 0 radical (unpaired) electrons. The average Bonchev–Trinajstić information content (AvgIpc) is 3.09. The van der Waals surface area contributed by atoms with Crippen molar-refractivity contribution in [3.8, 4) is 6.07 Å². The number of aromatic nitrogens is 2. The Morgan fingerprint density at radius 3 is 3.20 bits per heavy atom. The van der Waals surface area contributed by atoms with Crippen molar-refractivity contribution in [2.75, 3.05) is 6.61 Å². The first-order valence-electron chi connectivity index (χ1n) is 7.27. The monoisotopic (exact) mass is 267 g/mol. The third-order valence-corrected chi connectivity index (χ3v) is 4.66. The molecule has 1 aliphatic heterocycles. The molecule has 1 aliphatic carbocycles. The zero-order chi connectivity index (χ0) is 13.6. The third-order valence-electron chi connectivity index (χ3n) is 4.66. The lowest BCUT2D eigenvalue weighted by Gasteiger charge is -2.27. The van der Waals surface area contributed by atoms with Crippen molar-refractivity contribution in [1.29, 1.82) is 5.26 Å². The smallest absolute Gasteiger partial charge is 0.0992 e. The maximum absolute atomic E-state index is 9.03. The van der Waals surface area contributed by atoms with Crippen molar-refractivity contribution in [1.82, 2.24) is 9.55 Å². The molecule has 1 saturated heterocycles. The molecule has 0 N–H and O–H groups in total. The van der Waals surface area contributed by atoms with Gasteiger partial charge in [-0.25, -0.2) is 4.98 Å². The molecular weight excluding hydrogens is 250 g/mol. The molecule has 20 heavy (non-hydrogen) atoms. The highest BCUT2D eigenvalue weighted by molar-refractivity contribution is 5.76. The summed E-state index contributed by atoms with van der Waals surface area (Å²) in [4.78, 5) is 4.43. The van der Waals surface area contributed by atoms with Crippen LogP contribution < -0.4 is 0 Å². The highest BCUT2D eigenvalue weighted by Crippen LogP contribution is 2.44. The van der Waals surface area contributed by atoms with Crippen LogP contribution in [0.15, 0.2) is 24.5 Å². The van der Waals surface area contributed by atoms with E-state index in [9.17, 15) is 0 Å². The molecule has 2 heterocycles. The molecule has 0 bridgehead atoms. The summed E-state index contributed by atoms with van der Waals surface area (Å²) in [5.74, 6) is 0.661. The summed E-state index contributed by atoms with van der Waals surface area (Å²) in [6.45, 7) is 1.93. The first kappa shape index (κ1) is 11.9. The first-order valence-corrected chi connectivity index (χ1v) is 7.27. The van der Waals surface area contributed by atoms with Gasteiger partial charge in [-0.1, -0.05) is 6.42 Å². The van der Waals surface area contributed by atoms with Crippen molar-refractivity contribution in [3.05, 3.63) is 30.1 Å². The van der Waals surface area contributed by atoms with E-state index in [1.165, 1.54) is 25.7 Å². The Balaban J connectivity index is 1.60. The maximum atomic E-state index is 9.03. The largest absolute Gasteiger partial charge is 0.370 e. The fraction of sp³-hybridized carbons (Fsp3) is 0.500. The predicted octanol–water partition coefficient (Wildman–Crippen LogP) is 2.87. The van der Waals surface area contributed by atoms with Gasteiger partial charge in [0.1, 0.15) is 0 Å². The summed E-state index contributed by atoms with van der Waals surface area (Å²) in [5.41, 5.74) is 2.96. The second-order valence-corrected chi connectivity index (χ2v) is 6.15. The minimum atomic E-state index is 0.219. The molecule has 4 heteroatoms. The molecule has 1 unspecified atom stereocenters. The van der Waals surface area contributed by atoms with Gasteiger partial charge in [-0.2, -0.15) is 5.26 Å². The minimum Gasteiger partial charge on any atom is -0.370 e. The fourth-order valence-corrected chi connectivity index (χ4v) is 3.51. The summed E-state index contributed by atoms with van der Waals surface area (Å²) < 4.78 is 7.84. The molecule has 2 fully saturated rings. The van der Waals surface area contributed by atoms with E-state index in [1.807, 2.05) is 24.5 Å². The Labute approximate surface area is 118 Å². The van der Waals surface area contributed by atoms with Crippen LogP contribution in [-0.4, -0.2) is 21.8 Å². The van der Waals surface area contributed by atoms with Gasteiger partial charge in [-0.3, -0.25) is 0 Å². The Morgan fingerprint density at radius 1 is 1.50 bits per heavy atom. The lowest BCUT2D eigenvalue weighted by Crippen LogP contribution is -2.25. The van der Waals surface area contributed by atoms with Gasteiger partial charge in [-0.05, 0) is 43.4 Å². The highest BCUT2D eigenvalue weighted by Gasteiger charge is 2.47. The Hall–Kier alpha value is -1.86. The number of hydrogen-bond donors (Lipinski definition) is 0. The highest BCUT2D eigenvalue weighted by atomic mass is 16.6. The van der Waals surface area contributed by atoms with Gasteiger partial charge in [0.2, 0.25) is 0 Å². The van der Waals surface area contributed by atoms with Gasteiger partial charge in [0, 0.05) is 6.54 Å². The Bertz CT molecular complexity index is 693. The topological polar surface area (TPSA) is 54.1 Å². The van der Waals surface area contributed by atoms with Crippen LogP contribution >= 0.6 is 0 Å². The third kappa shape index (κ3) is 1.99. The predicted molar refractivity (Wildman–Crippen MR) is 75.1 cm³/mol. The number of benzene rings is 1. The molecule has 2 aliphatic rings. The molecule has 2 aromatic rings. The van der Waals surface area contributed by atoms with Crippen molar-refractivity contribution in [3.63, 3.8) is 0 Å². The lowest BCUT2D eigenvalue weighted by molar-refractivity contribution is 0.179. The molecule has 1 spiro atoms. The van der Waals surface area contributed by atoms with Crippen LogP contribution in [0.1, 0.15) is 31.2 Å². The van der Waals surface area contributed by atoms with E-state index in [2.05, 4.69) is 15.6 Å². The van der Waals surface area contributed by atoms with Gasteiger partial charge in [0.25, 0.3) is 0 Å². The van der Waals surface area contributed by atoms with Crippen LogP contribution in [0, 0.1) is 17.2 Å². The number of imidazole rings is 1. The van der Waals surface area contributed by atoms with E-state index in [0.29, 0.717) is 11.5 Å². The number of ether oxygens (including phenoxy) is 1. The van der Waals surface area contributed by atoms with Gasteiger partial charge >= 0.3 is 0 Å². The fourth-order valence-electron chi connectivity index (χ4n) is 3.51. The van der Waals surface area contributed by atoms with Crippen LogP contribution in [0.2, 0.25) is 0 Å². The van der Waals surface area contributed by atoms with Gasteiger partial charge in [-0.15, -0.1) is 0 Å². The van der Waals surface area contributed by atoms with Crippen LogP contribution in [0.5, 0.6) is 0 Å². The summed E-state index contributed by atoms with van der Waals surface area (Å²) in [7, 11) is 0. The van der Waals surface area contributed by atoms with E-state index in [-0.39, 0.29) is 5.60 Å². The molecule has 102 valence electrons. The van der Waals surface area contributed by atoms with E-state index in [1.54, 1.807) is 0 Å². The number of fused-ring (bicyclic) bond motifs is 1. The second-order valence-electron chi connectivity index (χ2n) is 6.15. The molecule has 2 atom stereocenters. The Morgan fingerprint density at radius 2 is 2.40 bits per heavy atom. The van der Waals surface area contributed by atoms with Crippen LogP contribution in [0.3, 0.4) is 0 Å². The van der Waals surface area contributed by atoms with Crippen LogP contribution in [-0.2, 0) is 11.3 Å². The SMILES string of the molecule is N#Cc1ccc2ncn(CC3CCC[C@@]4(CO4)C3)c2c1. The van der Waals surface area contributed by atoms with E-state index in [0.717, 1.165) is 24.2 Å². The van der Waals surface area contributed by atoms with Gasteiger partial charge in [0.15, 0.2) is 0 Å². The van der Waals surface area contributed by atoms with Crippen LogP contribution in [0.4, 0.5) is 0 Å². The second kappa shape index (κ2) is 4.32. The number of epoxide rings is 1. The van der Waals surface area contributed by atoms with E-state index >= 15 is 0 Å². The molecular formula is C16H17N3O. The summed E-state index contributed by atoms with van der Waals surface area (Å²) in [6.07, 6.45) is 6.84. The number of nitriles is 1. The van der Waals surface area contributed by atoms with Crippen LogP contribution in [0.25, 0.3) is 11.0 Å². The van der Waals surface area contributed by atoms with E-state index < -0.39 is 0 Å². The zero-order valence-electron chi connectivity index (χ0n) is 11.4. The van der Waals surface area contributed by atoms with Gasteiger partial charge < -0.3 is 9.30 Å². The standard InChI is InChI=1S/C16H17N3O/c17-8-12-3-4-14-15(6-12)19(11-18-14)9-13-2-1-5-16(7-13)10-20-16/h3-4,6,11,13H,1-2,5,7,9-10H2/t13?,16-/m0/s1.